The molecule has 7 nitrogen and oxygen atoms in total. The highest BCUT2D eigenvalue weighted by atomic mass is 79.9. The number of urea groups is 1. The molecule has 218 valence electrons. The molecule has 0 bridgehead atoms. The summed E-state index contributed by atoms with van der Waals surface area (Å²) in [7, 11) is 1.50. The number of carbonyl (C=O) groups excluding carboxylic acids is 3. The average molecular weight is 647 g/mol. The summed E-state index contributed by atoms with van der Waals surface area (Å²) in [5, 5.41) is 0. The second-order valence-corrected chi connectivity index (χ2v) is 11.1. The highest BCUT2D eigenvalue weighted by Crippen LogP contribution is 2.38. The number of ether oxygens (including phenoxy) is 1. The van der Waals surface area contributed by atoms with Crippen LogP contribution in [0.3, 0.4) is 0 Å². The number of imide groups is 2. The van der Waals surface area contributed by atoms with E-state index in [-0.39, 0.29) is 18.7 Å². The Hall–Kier alpha value is -5.05. The van der Waals surface area contributed by atoms with Crippen molar-refractivity contribution in [2.45, 2.75) is 0 Å². The van der Waals surface area contributed by atoms with Gasteiger partial charge in [-0.15, -0.1) is 0 Å². The second kappa shape index (κ2) is 12.7. The molecule has 1 aromatic heterocycles. The van der Waals surface area contributed by atoms with Crippen molar-refractivity contribution >= 4 is 45.5 Å². The molecule has 6 rings (SSSR count). The third-order valence-electron chi connectivity index (χ3n) is 7.40. The SMILES string of the molecule is COCCN1C(=O)/C(=C\c2cc(-c3ccccc3)n(-c3ccc(Br)cc3)c2-c2ccccc2)C(=O)N(c2ccccc2)C1=O. The first-order valence-corrected chi connectivity index (χ1v) is 14.9. The van der Waals surface area contributed by atoms with Gasteiger partial charge in [0.25, 0.3) is 11.8 Å². The lowest BCUT2D eigenvalue weighted by Crippen LogP contribution is -2.57. The van der Waals surface area contributed by atoms with Crippen LogP contribution >= 0.6 is 15.9 Å². The lowest BCUT2D eigenvalue weighted by atomic mass is 10.0. The summed E-state index contributed by atoms with van der Waals surface area (Å²) in [6.45, 7) is 0.137. The number of methoxy groups -OCH3 is 1. The van der Waals surface area contributed by atoms with Gasteiger partial charge in [0.2, 0.25) is 0 Å². The van der Waals surface area contributed by atoms with E-state index in [9.17, 15) is 14.4 Å². The van der Waals surface area contributed by atoms with E-state index >= 15 is 0 Å². The molecule has 0 spiro atoms. The number of hydrogen-bond donors (Lipinski definition) is 0. The average Bonchev–Trinajstić information content (AvgIpc) is 3.44. The summed E-state index contributed by atoms with van der Waals surface area (Å²) in [6, 6.07) is 37.7. The maximum atomic E-state index is 14.0. The van der Waals surface area contributed by atoms with Gasteiger partial charge >= 0.3 is 6.03 Å². The van der Waals surface area contributed by atoms with E-state index in [1.54, 1.807) is 36.4 Å². The van der Waals surface area contributed by atoms with E-state index in [1.807, 2.05) is 91.0 Å². The summed E-state index contributed by atoms with van der Waals surface area (Å²) in [5.41, 5.74) is 5.35. The van der Waals surface area contributed by atoms with E-state index in [0.717, 1.165) is 42.5 Å². The molecule has 8 heteroatoms. The van der Waals surface area contributed by atoms with Gasteiger partial charge in [0.05, 0.1) is 30.2 Å². The van der Waals surface area contributed by atoms with Crippen molar-refractivity contribution in [3.63, 3.8) is 0 Å². The summed E-state index contributed by atoms with van der Waals surface area (Å²) >= 11 is 3.54. The first-order valence-electron chi connectivity index (χ1n) is 14.1. The minimum absolute atomic E-state index is 0.00281. The van der Waals surface area contributed by atoms with Crippen molar-refractivity contribution < 1.29 is 19.1 Å². The van der Waals surface area contributed by atoms with Crippen molar-refractivity contribution in [3.05, 3.63) is 137 Å². The van der Waals surface area contributed by atoms with Crippen LogP contribution in [0.25, 0.3) is 34.3 Å². The number of rotatable bonds is 8. The van der Waals surface area contributed by atoms with Crippen molar-refractivity contribution in [2.75, 3.05) is 25.2 Å². The van der Waals surface area contributed by atoms with E-state index in [1.165, 1.54) is 7.11 Å². The zero-order valence-electron chi connectivity index (χ0n) is 23.9. The smallest absolute Gasteiger partial charge is 0.338 e. The Balaban J connectivity index is 1.61. The largest absolute Gasteiger partial charge is 0.383 e. The molecular weight excluding hydrogens is 618 g/mol. The van der Waals surface area contributed by atoms with Crippen LogP contribution in [0.5, 0.6) is 0 Å². The maximum Gasteiger partial charge on any atom is 0.338 e. The van der Waals surface area contributed by atoms with Gasteiger partial charge < -0.3 is 9.30 Å². The molecule has 0 N–H and O–H groups in total. The Labute approximate surface area is 263 Å². The van der Waals surface area contributed by atoms with Crippen LogP contribution in [0.4, 0.5) is 10.5 Å². The number of aromatic nitrogens is 1. The van der Waals surface area contributed by atoms with Crippen LogP contribution in [-0.2, 0) is 14.3 Å². The van der Waals surface area contributed by atoms with Gasteiger partial charge in [-0.3, -0.25) is 14.5 Å². The molecule has 2 heterocycles. The van der Waals surface area contributed by atoms with Gasteiger partial charge in [0.1, 0.15) is 5.57 Å². The molecule has 1 aliphatic heterocycles. The topological polar surface area (TPSA) is 71.8 Å². The quantitative estimate of drug-likeness (QED) is 0.129. The Bertz CT molecular complexity index is 1850. The highest BCUT2D eigenvalue weighted by molar-refractivity contribution is 9.10. The molecule has 1 aliphatic rings. The molecule has 1 saturated heterocycles. The zero-order chi connectivity index (χ0) is 30.6. The van der Waals surface area contributed by atoms with Gasteiger partial charge in [-0.2, -0.15) is 0 Å². The fourth-order valence-corrected chi connectivity index (χ4v) is 5.59. The Morgan fingerprint density at radius 2 is 1.30 bits per heavy atom. The molecule has 0 aliphatic carbocycles. The van der Waals surface area contributed by atoms with Gasteiger partial charge in [-0.05, 0) is 59.7 Å². The fraction of sp³-hybridized carbons (Fsp3) is 0.0833. The number of benzene rings is 4. The normalized spacial score (nSPS) is 14.5. The lowest BCUT2D eigenvalue weighted by Gasteiger charge is -2.33. The molecule has 0 radical (unpaired) electrons. The molecule has 0 atom stereocenters. The monoisotopic (exact) mass is 645 g/mol. The molecular formula is C36H28BrN3O4. The number of hydrogen-bond acceptors (Lipinski definition) is 4. The van der Waals surface area contributed by atoms with Crippen LogP contribution in [-0.4, -0.2) is 47.6 Å². The third kappa shape index (κ3) is 5.53. The predicted molar refractivity (Wildman–Crippen MR) is 175 cm³/mol. The minimum atomic E-state index is -0.707. The van der Waals surface area contributed by atoms with E-state index in [2.05, 4.69) is 20.5 Å². The van der Waals surface area contributed by atoms with Gasteiger partial charge in [0.15, 0.2) is 0 Å². The number of carbonyl (C=O) groups is 3. The highest BCUT2D eigenvalue weighted by Gasteiger charge is 2.43. The minimum Gasteiger partial charge on any atom is -0.383 e. The fourth-order valence-electron chi connectivity index (χ4n) is 5.33. The number of para-hydroxylation sites is 1. The first kappa shape index (κ1) is 29.0. The number of amides is 4. The van der Waals surface area contributed by atoms with Crippen molar-refractivity contribution in [1.82, 2.24) is 9.47 Å². The number of halogens is 1. The van der Waals surface area contributed by atoms with Crippen LogP contribution in [0, 0.1) is 0 Å². The Morgan fingerprint density at radius 3 is 1.91 bits per heavy atom. The van der Waals surface area contributed by atoms with Crippen LogP contribution in [0.2, 0.25) is 0 Å². The molecule has 4 amide bonds. The zero-order valence-corrected chi connectivity index (χ0v) is 25.5. The number of nitrogens with zero attached hydrogens (tertiary/aromatic N) is 3. The third-order valence-corrected chi connectivity index (χ3v) is 7.92. The predicted octanol–water partition coefficient (Wildman–Crippen LogP) is 7.60. The maximum absolute atomic E-state index is 14.0. The van der Waals surface area contributed by atoms with Crippen LogP contribution in [0.1, 0.15) is 5.56 Å². The standard InChI is InChI=1S/C36H28BrN3O4/c1-44-22-21-38-34(41)31(35(42)40(36(38)43)29-15-9-4-10-16-29)23-27-24-32(25-11-5-2-6-12-25)39(30-19-17-28(37)18-20-30)33(27)26-13-7-3-8-14-26/h2-20,23-24H,21-22H2,1H3/b31-23+. The second-order valence-electron chi connectivity index (χ2n) is 10.1. The van der Waals surface area contributed by atoms with Crippen molar-refractivity contribution in [1.29, 1.82) is 0 Å². The van der Waals surface area contributed by atoms with Gasteiger partial charge in [-0.25, -0.2) is 9.69 Å². The van der Waals surface area contributed by atoms with Crippen molar-refractivity contribution in [2.24, 2.45) is 0 Å². The number of anilines is 1. The van der Waals surface area contributed by atoms with Gasteiger partial charge in [-0.1, -0.05) is 94.8 Å². The summed E-state index contributed by atoms with van der Waals surface area (Å²) in [6.07, 6.45) is 1.61. The summed E-state index contributed by atoms with van der Waals surface area (Å²) in [4.78, 5) is 43.5. The van der Waals surface area contributed by atoms with Crippen LogP contribution < -0.4 is 4.90 Å². The molecule has 4 aromatic carbocycles. The Morgan fingerprint density at radius 1 is 0.705 bits per heavy atom. The molecule has 0 unspecified atom stereocenters. The Kier molecular flexibility index (Phi) is 8.36. The van der Waals surface area contributed by atoms with Gasteiger partial charge in [0, 0.05) is 22.8 Å². The summed E-state index contributed by atoms with van der Waals surface area (Å²) < 4.78 is 8.26. The molecule has 0 saturated carbocycles. The van der Waals surface area contributed by atoms with E-state index in [4.69, 9.17) is 4.74 Å². The molecule has 1 fully saturated rings. The van der Waals surface area contributed by atoms with Crippen LogP contribution in [0.15, 0.2) is 131 Å². The van der Waals surface area contributed by atoms with E-state index in [0.29, 0.717) is 11.3 Å². The lowest BCUT2D eigenvalue weighted by molar-refractivity contribution is -0.129. The first-order chi connectivity index (χ1) is 21.5. The number of barbiturate groups is 1. The van der Waals surface area contributed by atoms with Crippen molar-refractivity contribution in [3.8, 4) is 28.2 Å². The summed E-state index contributed by atoms with van der Waals surface area (Å²) in [5.74, 6) is -1.35. The van der Waals surface area contributed by atoms with E-state index < -0.39 is 17.8 Å². The molecule has 5 aromatic rings. The molecule has 44 heavy (non-hydrogen) atoms.